The monoisotopic (exact) mass is 446 g/mol. The number of carbonyl (C=O) groups is 1. The van der Waals surface area contributed by atoms with Gasteiger partial charge in [0.25, 0.3) is 5.91 Å². The second-order valence-electron chi connectivity index (χ2n) is 8.42. The fraction of sp³-hybridized carbons (Fsp3) is 0.269. The fourth-order valence-corrected chi connectivity index (χ4v) is 4.38. The van der Waals surface area contributed by atoms with Gasteiger partial charge in [-0.2, -0.15) is 0 Å². The molecule has 3 N–H and O–H groups in total. The van der Waals surface area contributed by atoms with E-state index >= 15 is 0 Å². The zero-order chi connectivity index (χ0) is 22.8. The largest absolute Gasteiger partial charge is 0.508 e. The van der Waals surface area contributed by atoms with Crippen LogP contribution >= 0.6 is 0 Å². The van der Waals surface area contributed by atoms with E-state index in [1.54, 1.807) is 4.90 Å². The highest BCUT2D eigenvalue weighted by Gasteiger charge is 2.31. The first-order valence-corrected chi connectivity index (χ1v) is 11.1. The molecule has 0 radical (unpaired) electrons. The van der Waals surface area contributed by atoms with Crippen molar-refractivity contribution in [3.05, 3.63) is 82.9 Å². The standard InChI is InChI=1S/C26H26N2O5/c29-20-11-23(30)25(24(12-20)33-15-17-5-2-1-3-6-17)26(31)28-13-18-7-4-8-22(21(18)14-28)27-19-9-10-32-16-19/h1-8,11-12,19,27,29-30H,9-10,13-16H2/t19-/m0/s1. The van der Waals surface area contributed by atoms with E-state index in [0.29, 0.717) is 19.7 Å². The van der Waals surface area contributed by atoms with Gasteiger partial charge in [0, 0.05) is 37.5 Å². The number of rotatable bonds is 6. The third-order valence-corrected chi connectivity index (χ3v) is 6.08. The van der Waals surface area contributed by atoms with Crippen molar-refractivity contribution in [2.45, 2.75) is 32.2 Å². The number of phenolic OH excluding ortho intramolecular Hbond substituents is 2. The molecule has 5 rings (SSSR count). The Labute approximate surface area is 192 Å². The molecule has 7 heteroatoms. The lowest BCUT2D eigenvalue weighted by Gasteiger charge is -2.20. The maximum atomic E-state index is 13.5. The number of aromatic hydroxyl groups is 2. The van der Waals surface area contributed by atoms with Crippen molar-refractivity contribution in [3.63, 3.8) is 0 Å². The summed E-state index contributed by atoms with van der Waals surface area (Å²) >= 11 is 0. The number of fused-ring (bicyclic) bond motifs is 1. The first-order chi connectivity index (χ1) is 16.1. The summed E-state index contributed by atoms with van der Waals surface area (Å²) in [6.45, 7) is 2.49. The number of phenols is 2. The van der Waals surface area contributed by atoms with Crippen LogP contribution in [0.5, 0.6) is 17.2 Å². The van der Waals surface area contributed by atoms with E-state index in [4.69, 9.17) is 9.47 Å². The Morgan fingerprint density at radius 1 is 1.09 bits per heavy atom. The van der Waals surface area contributed by atoms with Gasteiger partial charge in [0.15, 0.2) is 0 Å². The van der Waals surface area contributed by atoms with Gasteiger partial charge in [0.2, 0.25) is 0 Å². The summed E-state index contributed by atoms with van der Waals surface area (Å²) in [4.78, 5) is 15.2. The predicted molar refractivity (Wildman–Crippen MR) is 123 cm³/mol. The van der Waals surface area contributed by atoms with Gasteiger partial charge in [-0.15, -0.1) is 0 Å². The normalized spacial score (nSPS) is 17.1. The minimum absolute atomic E-state index is 0.0511. The summed E-state index contributed by atoms with van der Waals surface area (Å²) in [7, 11) is 0. The molecule has 1 fully saturated rings. The predicted octanol–water partition coefficient (Wildman–Crippen LogP) is 4.03. The first kappa shape index (κ1) is 21.2. The Kier molecular flexibility index (Phi) is 5.79. The van der Waals surface area contributed by atoms with Crippen LogP contribution in [-0.2, 0) is 24.4 Å². The summed E-state index contributed by atoms with van der Waals surface area (Å²) in [5.74, 6) is -0.664. The van der Waals surface area contributed by atoms with E-state index < -0.39 is 0 Å². The van der Waals surface area contributed by atoms with E-state index in [1.165, 1.54) is 12.1 Å². The highest BCUT2D eigenvalue weighted by molar-refractivity contribution is 6.00. The average molecular weight is 447 g/mol. The van der Waals surface area contributed by atoms with Crippen molar-refractivity contribution in [3.8, 4) is 17.2 Å². The van der Waals surface area contributed by atoms with Gasteiger partial charge in [-0.3, -0.25) is 4.79 Å². The van der Waals surface area contributed by atoms with E-state index in [9.17, 15) is 15.0 Å². The summed E-state index contributed by atoms with van der Waals surface area (Å²) in [5, 5.41) is 24.1. The molecule has 3 aromatic carbocycles. The van der Waals surface area contributed by atoms with Crippen LogP contribution in [0.2, 0.25) is 0 Å². The van der Waals surface area contributed by atoms with Crippen LogP contribution in [0.15, 0.2) is 60.7 Å². The highest BCUT2D eigenvalue weighted by Crippen LogP contribution is 2.37. The minimum Gasteiger partial charge on any atom is -0.508 e. The van der Waals surface area contributed by atoms with Crippen LogP contribution in [0.4, 0.5) is 5.69 Å². The Morgan fingerprint density at radius 3 is 2.73 bits per heavy atom. The van der Waals surface area contributed by atoms with Crippen LogP contribution < -0.4 is 10.1 Å². The number of carbonyl (C=O) groups excluding carboxylic acids is 1. The molecule has 0 aromatic heterocycles. The van der Waals surface area contributed by atoms with Crippen molar-refractivity contribution >= 4 is 11.6 Å². The lowest BCUT2D eigenvalue weighted by molar-refractivity contribution is 0.0743. The number of nitrogens with zero attached hydrogens (tertiary/aromatic N) is 1. The molecule has 33 heavy (non-hydrogen) atoms. The summed E-state index contributed by atoms with van der Waals surface area (Å²) in [6.07, 6.45) is 0.954. The Bertz CT molecular complexity index is 1160. The zero-order valence-corrected chi connectivity index (χ0v) is 18.2. The van der Waals surface area contributed by atoms with Gasteiger partial charge in [-0.1, -0.05) is 42.5 Å². The molecule has 1 saturated heterocycles. The Balaban J connectivity index is 1.38. The molecule has 170 valence electrons. The van der Waals surface area contributed by atoms with Crippen LogP contribution in [0.3, 0.4) is 0 Å². The van der Waals surface area contributed by atoms with Gasteiger partial charge < -0.3 is 29.9 Å². The topological polar surface area (TPSA) is 91.3 Å². The quantitative estimate of drug-likeness (QED) is 0.530. The van der Waals surface area contributed by atoms with E-state index in [0.717, 1.165) is 35.4 Å². The molecule has 0 bridgehead atoms. The zero-order valence-electron chi connectivity index (χ0n) is 18.2. The third-order valence-electron chi connectivity index (χ3n) is 6.08. The molecule has 0 spiro atoms. The Morgan fingerprint density at radius 2 is 1.94 bits per heavy atom. The summed E-state index contributed by atoms with van der Waals surface area (Å²) in [6, 6.07) is 18.3. The van der Waals surface area contributed by atoms with Crippen molar-refractivity contribution in [1.82, 2.24) is 4.90 Å². The number of hydrogen-bond donors (Lipinski definition) is 3. The van der Waals surface area contributed by atoms with Crippen LogP contribution in [-0.4, -0.2) is 40.3 Å². The van der Waals surface area contributed by atoms with E-state index in [-0.39, 0.29) is 41.4 Å². The molecular formula is C26H26N2O5. The molecule has 1 amide bonds. The number of benzene rings is 3. The molecular weight excluding hydrogens is 420 g/mol. The van der Waals surface area contributed by atoms with Crippen molar-refractivity contribution in [2.75, 3.05) is 18.5 Å². The molecule has 0 unspecified atom stereocenters. The lowest BCUT2D eigenvalue weighted by Crippen LogP contribution is -2.26. The van der Waals surface area contributed by atoms with Crippen LogP contribution in [0.1, 0.15) is 33.5 Å². The summed E-state index contributed by atoms with van der Waals surface area (Å²) < 4.78 is 11.3. The number of nitrogens with one attached hydrogen (secondary N) is 1. The van der Waals surface area contributed by atoms with E-state index in [2.05, 4.69) is 5.32 Å². The number of anilines is 1. The minimum atomic E-state index is -0.345. The third kappa shape index (κ3) is 4.45. The molecule has 7 nitrogen and oxygen atoms in total. The summed E-state index contributed by atoms with van der Waals surface area (Å²) in [5.41, 5.74) is 4.11. The highest BCUT2D eigenvalue weighted by atomic mass is 16.5. The van der Waals surface area contributed by atoms with Gasteiger partial charge in [-0.25, -0.2) is 0 Å². The second kappa shape index (κ2) is 9.03. The lowest BCUT2D eigenvalue weighted by atomic mass is 10.1. The molecule has 2 aliphatic rings. The number of amides is 1. The number of ether oxygens (including phenoxy) is 2. The van der Waals surface area contributed by atoms with Gasteiger partial charge in [0.1, 0.15) is 29.4 Å². The SMILES string of the molecule is O=C(c1c(O)cc(O)cc1OCc1ccccc1)N1Cc2cccc(N[C@H]3CCOC3)c2C1. The number of hydrogen-bond acceptors (Lipinski definition) is 6. The first-order valence-electron chi connectivity index (χ1n) is 11.1. The molecule has 2 aliphatic heterocycles. The fourth-order valence-electron chi connectivity index (χ4n) is 4.38. The van der Waals surface area contributed by atoms with Crippen LogP contribution in [0, 0.1) is 0 Å². The van der Waals surface area contributed by atoms with Gasteiger partial charge >= 0.3 is 0 Å². The average Bonchev–Trinajstić information content (AvgIpc) is 3.48. The molecule has 3 aromatic rings. The van der Waals surface area contributed by atoms with Crippen molar-refractivity contribution in [2.24, 2.45) is 0 Å². The van der Waals surface area contributed by atoms with Gasteiger partial charge in [0.05, 0.1) is 12.6 Å². The molecule has 1 atom stereocenters. The van der Waals surface area contributed by atoms with E-state index in [1.807, 2.05) is 48.5 Å². The van der Waals surface area contributed by atoms with Crippen LogP contribution in [0.25, 0.3) is 0 Å². The smallest absolute Gasteiger partial charge is 0.262 e. The Hall–Kier alpha value is -3.71. The maximum absolute atomic E-state index is 13.5. The maximum Gasteiger partial charge on any atom is 0.262 e. The second-order valence-corrected chi connectivity index (χ2v) is 8.42. The van der Waals surface area contributed by atoms with Crippen molar-refractivity contribution < 1.29 is 24.5 Å². The molecule has 0 aliphatic carbocycles. The van der Waals surface area contributed by atoms with Gasteiger partial charge in [-0.05, 0) is 29.2 Å². The molecule has 2 heterocycles. The van der Waals surface area contributed by atoms with Crippen molar-refractivity contribution in [1.29, 1.82) is 0 Å². The molecule has 0 saturated carbocycles.